The maximum absolute atomic E-state index is 5.31. The van der Waals surface area contributed by atoms with Crippen LogP contribution in [0.1, 0.15) is 11.1 Å². The number of nitrogens with one attached hydrogen (secondary N) is 2. The van der Waals surface area contributed by atoms with Crippen LogP contribution in [0, 0.1) is 0 Å². The van der Waals surface area contributed by atoms with Gasteiger partial charge in [-0.2, -0.15) is 10.2 Å². The maximum atomic E-state index is 5.31. The van der Waals surface area contributed by atoms with E-state index in [1.807, 2.05) is 36.4 Å². The minimum absolute atomic E-state index is 0.240. The molecule has 2 aromatic carbocycles. The Morgan fingerprint density at radius 2 is 1.23 bits per heavy atom. The Hall–Kier alpha value is -3.33. The van der Waals surface area contributed by atoms with Crippen LogP contribution in [-0.2, 0) is 0 Å². The van der Waals surface area contributed by atoms with E-state index in [0.717, 1.165) is 22.6 Å². The van der Waals surface area contributed by atoms with Gasteiger partial charge in [-0.05, 0) is 59.7 Å². The van der Waals surface area contributed by atoms with E-state index in [1.165, 1.54) is 0 Å². The fraction of sp³-hybridized carbons (Fsp3) is 0.118. The maximum Gasteiger partial charge on any atom is 0.231 e. The van der Waals surface area contributed by atoms with Crippen molar-refractivity contribution in [2.75, 3.05) is 13.6 Å². The molecule has 0 unspecified atom stereocenters. The predicted octanol–water partition coefficient (Wildman–Crippen LogP) is 1.98. The summed E-state index contributed by atoms with van der Waals surface area (Å²) in [6, 6.07) is 11.1. The molecule has 0 atom stereocenters. The van der Waals surface area contributed by atoms with Gasteiger partial charge in [0.15, 0.2) is 23.0 Å². The van der Waals surface area contributed by atoms with Crippen molar-refractivity contribution >= 4 is 29.8 Å². The zero-order valence-electron chi connectivity index (χ0n) is 13.5. The van der Waals surface area contributed by atoms with Crippen molar-refractivity contribution in [3.63, 3.8) is 0 Å². The standard InChI is InChI=1S/C17H14N4O4S/c26-17(20-18-7-11-1-3-13-15(5-11)24-9-22-13)21-19-8-12-2-4-14-16(6-12)25-10-23-14/h1-8H,9-10H2,(H2,20,21,26)/b18-7+,19-8+. The molecule has 132 valence electrons. The van der Waals surface area contributed by atoms with Crippen molar-refractivity contribution in [2.45, 2.75) is 0 Å². The van der Waals surface area contributed by atoms with Gasteiger partial charge in [-0.25, -0.2) is 0 Å². The normalized spacial score (nSPS) is 14.2. The van der Waals surface area contributed by atoms with Crippen LogP contribution < -0.4 is 29.8 Å². The molecule has 0 saturated carbocycles. The summed E-state index contributed by atoms with van der Waals surface area (Å²) in [6.45, 7) is 0.479. The van der Waals surface area contributed by atoms with Crippen molar-refractivity contribution in [2.24, 2.45) is 10.2 Å². The molecule has 0 aliphatic carbocycles. The van der Waals surface area contributed by atoms with E-state index in [9.17, 15) is 0 Å². The number of fused-ring (bicyclic) bond motifs is 2. The molecule has 0 radical (unpaired) electrons. The summed E-state index contributed by atoms with van der Waals surface area (Å²) in [5.41, 5.74) is 7.08. The van der Waals surface area contributed by atoms with Crippen molar-refractivity contribution < 1.29 is 18.9 Å². The number of ether oxygens (including phenoxy) is 4. The highest BCUT2D eigenvalue weighted by molar-refractivity contribution is 7.80. The van der Waals surface area contributed by atoms with Crippen LogP contribution in [0.3, 0.4) is 0 Å². The highest BCUT2D eigenvalue weighted by Crippen LogP contribution is 2.32. The molecule has 2 aromatic rings. The minimum atomic E-state index is 0.240. The lowest BCUT2D eigenvalue weighted by Crippen LogP contribution is -2.28. The molecule has 0 fully saturated rings. The van der Waals surface area contributed by atoms with E-state index in [2.05, 4.69) is 21.1 Å². The molecule has 26 heavy (non-hydrogen) atoms. The van der Waals surface area contributed by atoms with Gasteiger partial charge in [-0.3, -0.25) is 10.9 Å². The molecule has 0 bridgehead atoms. The van der Waals surface area contributed by atoms with Crippen molar-refractivity contribution in [1.29, 1.82) is 0 Å². The molecule has 0 aromatic heterocycles. The lowest BCUT2D eigenvalue weighted by Gasteiger charge is -2.02. The van der Waals surface area contributed by atoms with E-state index in [4.69, 9.17) is 31.2 Å². The molecule has 2 N–H and O–H groups in total. The monoisotopic (exact) mass is 370 g/mol. The topological polar surface area (TPSA) is 85.7 Å². The molecule has 2 aliphatic heterocycles. The third kappa shape index (κ3) is 3.67. The summed E-state index contributed by atoms with van der Waals surface area (Å²) in [5, 5.41) is 8.37. The Kier molecular flexibility index (Phi) is 4.52. The molecule has 0 spiro atoms. The summed E-state index contributed by atoms with van der Waals surface area (Å²) in [5.74, 6) is 2.85. The van der Waals surface area contributed by atoms with Crippen molar-refractivity contribution in [3.8, 4) is 23.0 Å². The van der Waals surface area contributed by atoms with Gasteiger partial charge in [0.25, 0.3) is 0 Å². The molecular formula is C17H14N4O4S. The average molecular weight is 370 g/mol. The Morgan fingerprint density at radius 3 is 1.73 bits per heavy atom. The number of rotatable bonds is 4. The second kappa shape index (κ2) is 7.28. The number of hydrazone groups is 2. The van der Waals surface area contributed by atoms with Gasteiger partial charge >= 0.3 is 0 Å². The molecule has 9 heteroatoms. The molecule has 2 heterocycles. The number of benzene rings is 2. The first-order valence-corrected chi connectivity index (χ1v) is 8.10. The third-order valence-electron chi connectivity index (χ3n) is 3.55. The van der Waals surface area contributed by atoms with Crippen LogP contribution in [0.4, 0.5) is 0 Å². The van der Waals surface area contributed by atoms with Gasteiger partial charge in [-0.1, -0.05) is 0 Å². The quantitative estimate of drug-likeness (QED) is 0.483. The molecule has 0 saturated heterocycles. The van der Waals surface area contributed by atoms with Crippen LogP contribution in [0.2, 0.25) is 0 Å². The van der Waals surface area contributed by atoms with Crippen molar-refractivity contribution in [1.82, 2.24) is 10.9 Å². The Morgan fingerprint density at radius 1 is 0.769 bits per heavy atom. The first-order chi connectivity index (χ1) is 12.8. The van der Waals surface area contributed by atoms with E-state index in [1.54, 1.807) is 12.4 Å². The van der Waals surface area contributed by atoms with Gasteiger partial charge in [0.1, 0.15) is 0 Å². The minimum Gasteiger partial charge on any atom is -0.454 e. The van der Waals surface area contributed by atoms with Gasteiger partial charge in [0, 0.05) is 0 Å². The Balaban J connectivity index is 1.27. The second-order valence-corrected chi connectivity index (χ2v) is 5.70. The SMILES string of the molecule is S=C(N/N=C/c1ccc2c(c1)OCO2)N/N=C/c1ccc2c(c1)OCO2. The smallest absolute Gasteiger partial charge is 0.231 e. The fourth-order valence-corrected chi connectivity index (χ4v) is 2.45. The van der Waals surface area contributed by atoms with E-state index in [0.29, 0.717) is 11.5 Å². The number of hydrogen-bond donors (Lipinski definition) is 2. The lowest BCUT2D eigenvalue weighted by molar-refractivity contribution is 0.173. The summed E-state index contributed by atoms with van der Waals surface area (Å²) in [6.07, 6.45) is 3.25. The van der Waals surface area contributed by atoms with Gasteiger partial charge in [0.2, 0.25) is 18.7 Å². The zero-order chi connectivity index (χ0) is 17.8. The van der Waals surface area contributed by atoms with E-state index < -0.39 is 0 Å². The summed E-state index contributed by atoms with van der Waals surface area (Å²) >= 11 is 5.10. The van der Waals surface area contributed by atoms with E-state index >= 15 is 0 Å². The lowest BCUT2D eigenvalue weighted by atomic mass is 10.2. The highest BCUT2D eigenvalue weighted by Gasteiger charge is 2.13. The predicted molar refractivity (Wildman–Crippen MR) is 99.2 cm³/mol. The van der Waals surface area contributed by atoms with Crippen LogP contribution in [0.15, 0.2) is 46.6 Å². The number of thiocarbonyl (C=S) groups is 1. The summed E-state index contributed by atoms with van der Waals surface area (Å²) in [7, 11) is 0. The average Bonchev–Trinajstić information content (AvgIpc) is 3.29. The first kappa shape index (κ1) is 16.2. The first-order valence-electron chi connectivity index (χ1n) is 7.69. The largest absolute Gasteiger partial charge is 0.454 e. The Labute approximate surface area is 154 Å². The number of hydrogen-bond acceptors (Lipinski definition) is 7. The second-order valence-electron chi connectivity index (χ2n) is 5.29. The summed E-state index contributed by atoms with van der Waals surface area (Å²) < 4.78 is 21.1. The van der Waals surface area contributed by atoms with E-state index in [-0.39, 0.29) is 18.7 Å². The van der Waals surface area contributed by atoms with Crippen LogP contribution in [-0.4, -0.2) is 31.1 Å². The molecule has 8 nitrogen and oxygen atoms in total. The molecule has 4 rings (SSSR count). The highest BCUT2D eigenvalue weighted by atomic mass is 32.1. The Bertz CT molecular complexity index is 829. The van der Waals surface area contributed by atoms with Crippen LogP contribution in [0.25, 0.3) is 0 Å². The third-order valence-corrected chi connectivity index (χ3v) is 3.74. The van der Waals surface area contributed by atoms with Crippen molar-refractivity contribution in [3.05, 3.63) is 47.5 Å². The van der Waals surface area contributed by atoms with Gasteiger partial charge in [-0.15, -0.1) is 0 Å². The summed E-state index contributed by atoms with van der Waals surface area (Å²) in [4.78, 5) is 0. The number of nitrogens with zero attached hydrogens (tertiary/aromatic N) is 2. The van der Waals surface area contributed by atoms with Crippen LogP contribution in [0.5, 0.6) is 23.0 Å². The molecule has 0 amide bonds. The molecule has 2 aliphatic rings. The fourth-order valence-electron chi connectivity index (χ4n) is 2.34. The zero-order valence-corrected chi connectivity index (χ0v) is 14.3. The molecular weight excluding hydrogens is 356 g/mol. The van der Waals surface area contributed by atoms with Gasteiger partial charge < -0.3 is 18.9 Å². The van der Waals surface area contributed by atoms with Crippen LogP contribution >= 0.6 is 12.2 Å². The van der Waals surface area contributed by atoms with Gasteiger partial charge in [0.05, 0.1) is 12.4 Å².